The number of ether oxygens (including phenoxy) is 2. The van der Waals surface area contributed by atoms with Crippen molar-refractivity contribution in [2.75, 3.05) is 14.2 Å². The monoisotopic (exact) mass is 447 g/mol. The van der Waals surface area contributed by atoms with Gasteiger partial charge in [0.05, 0.1) is 30.3 Å². The number of hydrogen-bond donors (Lipinski definition) is 0. The Bertz CT molecular complexity index is 1100. The van der Waals surface area contributed by atoms with Gasteiger partial charge in [-0.1, -0.05) is 0 Å². The predicted molar refractivity (Wildman–Crippen MR) is 111 cm³/mol. The fourth-order valence-electron chi connectivity index (χ4n) is 3.33. The van der Waals surface area contributed by atoms with E-state index < -0.39 is 0 Å². The van der Waals surface area contributed by atoms with Gasteiger partial charge in [-0.05, 0) is 53.2 Å². The second kappa shape index (κ2) is 7.44. The number of hydrogen-bond acceptors (Lipinski definition) is 6. The predicted octanol–water partition coefficient (Wildman–Crippen LogP) is 4.00. The van der Waals surface area contributed by atoms with E-state index in [0.717, 1.165) is 45.1 Å². The first-order chi connectivity index (χ1) is 13.1. The summed E-state index contributed by atoms with van der Waals surface area (Å²) >= 11 is 5.09. The molecule has 0 amide bonds. The lowest BCUT2D eigenvalue weighted by molar-refractivity contribution is 0.392. The smallest absolute Gasteiger partial charge is 0.282 e. The van der Waals surface area contributed by atoms with Crippen LogP contribution in [-0.2, 0) is 12.8 Å². The van der Waals surface area contributed by atoms with E-state index in [1.165, 1.54) is 22.3 Å². The molecule has 0 bridgehead atoms. The topological polar surface area (TPSA) is 65.7 Å². The minimum Gasteiger partial charge on any atom is -0.496 e. The van der Waals surface area contributed by atoms with Crippen LogP contribution in [0.1, 0.15) is 28.8 Å². The molecule has 1 aliphatic carbocycles. The summed E-state index contributed by atoms with van der Waals surface area (Å²) in [6.07, 6.45) is 7.35. The van der Waals surface area contributed by atoms with Crippen LogP contribution in [-0.4, -0.2) is 30.1 Å². The molecular formula is C19H18BrN3O3S. The Balaban J connectivity index is 1.77. The number of aromatic nitrogens is 2. The van der Waals surface area contributed by atoms with Crippen LogP contribution in [0.25, 0.3) is 10.2 Å². The van der Waals surface area contributed by atoms with Crippen molar-refractivity contribution in [3.05, 3.63) is 49.3 Å². The van der Waals surface area contributed by atoms with E-state index in [0.29, 0.717) is 11.5 Å². The molecule has 2 aromatic heterocycles. The first-order valence-electron chi connectivity index (χ1n) is 8.60. The number of fused-ring (bicyclic) bond motifs is 3. The van der Waals surface area contributed by atoms with Crippen LogP contribution in [0.4, 0.5) is 0 Å². The standard InChI is InChI=1S/C19H18BrN3O3S/c1-25-14-8-15(26-2)13(20)7-11(14)9-22-23-10-21-18-17(19(23)24)12-5-3-4-6-16(12)27-18/h7-10H,3-6H2,1-2H3/b22-9-. The van der Waals surface area contributed by atoms with Gasteiger partial charge in [0.2, 0.25) is 0 Å². The zero-order valence-corrected chi connectivity index (χ0v) is 17.4. The number of rotatable bonds is 4. The van der Waals surface area contributed by atoms with Crippen molar-refractivity contribution in [2.24, 2.45) is 5.10 Å². The molecule has 4 rings (SSSR count). The van der Waals surface area contributed by atoms with Gasteiger partial charge < -0.3 is 9.47 Å². The van der Waals surface area contributed by atoms with Gasteiger partial charge in [0.15, 0.2) is 0 Å². The Morgan fingerprint density at radius 3 is 2.78 bits per heavy atom. The van der Waals surface area contributed by atoms with Crippen LogP contribution in [0.15, 0.2) is 32.8 Å². The van der Waals surface area contributed by atoms with E-state index in [2.05, 4.69) is 26.0 Å². The maximum absolute atomic E-state index is 13.0. The summed E-state index contributed by atoms with van der Waals surface area (Å²) in [6.45, 7) is 0. The minimum atomic E-state index is -0.123. The number of benzene rings is 1. The zero-order chi connectivity index (χ0) is 19.0. The lowest BCUT2D eigenvalue weighted by atomic mass is 9.97. The molecule has 2 heterocycles. The normalized spacial score (nSPS) is 13.9. The minimum absolute atomic E-state index is 0.123. The summed E-state index contributed by atoms with van der Waals surface area (Å²) in [7, 11) is 3.17. The molecule has 1 aromatic carbocycles. The molecular weight excluding hydrogens is 430 g/mol. The van der Waals surface area contributed by atoms with Crippen molar-refractivity contribution in [1.82, 2.24) is 9.66 Å². The lowest BCUT2D eigenvalue weighted by Crippen LogP contribution is -2.18. The SMILES string of the molecule is COc1cc(OC)c(/C=N\n2cnc3sc4c(c3c2=O)CCCC4)cc1Br. The van der Waals surface area contributed by atoms with Crippen LogP contribution in [0.5, 0.6) is 11.5 Å². The molecule has 0 saturated carbocycles. The number of nitrogens with zero attached hydrogens (tertiary/aromatic N) is 3. The third-order valence-corrected chi connectivity index (χ3v) is 6.50. The molecule has 0 atom stereocenters. The Hall–Kier alpha value is -2.19. The molecule has 0 fully saturated rings. The van der Waals surface area contributed by atoms with Crippen molar-refractivity contribution in [1.29, 1.82) is 0 Å². The Kier molecular flexibility index (Phi) is 5.01. The van der Waals surface area contributed by atoms with E-state index in [4.69, 9.17) is 9.47 Å². The molecule has 0 unspecified atom stereocenters. The third-order valence-electron chi connectivity index (χ3n) is 4.68. The molecule has 0 saturated heterocycles. The molecule has 0 N–H and O–H groups in total. The highest BCUT2D eigenvalue weighted by Gasteiger charge is 2.19. The van der Waals surface area contributed by atoms with Crippen molar-refractivity contribution in [3.63, 3.8) is 0 Å². The Morgan fingerprint density at radius 2 is 2.00 bits per heavy atom. The largest absolute Gasteiger partial charge is 0.496 e. The van der Waals surface area contributed by atoms with Gasteiger partial charge in [-0.25, -0.2) is 4.98 Å². The van der Waals surface area contributed by atoms with Crippen LogP contribution in [0.3, 0.4) is 0 Å². The number of aryl methyl sites for hydroxylation is 2. The quantitative estimate of drug-likeness (QED) is 0.566. The van der Waals surface area contributed by atoms with E-state index in [9.17, 15) is 4.79 Å². The highest BCUT2D eigenvalue weighted by molar-refractivity contribution is 9.10. The van der Waals surface area contributed by atoms with Gasteiger partial charge in [-0.3, -0.25) is 4.79 Å². The van der Waals surface area contributed by atoms with Crippen LogP contribution < -0.4 is 15.0 Å². The molecule has 0 spiro atoms. The van der Waals surface area contributed by atoms with E-state index in [-0.39, 0.29) is 5.56 Å². The summed E-state index contributed by atoms with van der Waals surface area (Å²) in [5.74, 6) is 1.27. The summed E-state index contributed by atoms with van der Waals surface area (Å²) in [5.41, 5.74) is 1.76. The first kappa shape index (κ1) is 18.2. The second-order valence-electron chi connectivity index (χ2n) is 6.26. The van der Waals surface area contributed by atoms with Crippen LogP contribution in [0.2, 0.25) is 0 Å². The van der Waals surface area contributed by atoms with Crippen LogP contribution >= 0.6 is 27.3 Å². The molecule has 27 heavy (non-hydrogen) atoms. The fraction of sp³-hybridized carbons (Fsp3) is 0.316. The molecule has 1 aliphatic rings. The number of thiophene rings is 1. The van der Waals surface area contributed by atoms with Gasteiger partial charge in [0.25, 0.3) is 5.56 Å². The highest BCUT2D eigenvalue weighted by atomic mass is 79.9. The third kappa shape index (κ3) is 3.27. The zero-order valence-electron chi connectivity index (χ0n) is 15.0. The first-order valence-corrected chi connectivity index (χ1v) is 10.2. The van der Waals surface area contributed by atoms with Crippen molar-refractivity contribution in [2.45, 2.75) is 25.7 Å². The summed E-state index contributed by atoms with van der Waals surface area (Å²) < 4.78 is 12.8. The second-order valence-corrected chi connectivity index (χ2v) is 8.20. The van der Waals surface area contributed by atoms with Crippen molar-refractivity contribution < 1.29 is 9.47 Å². The van der Waals surface area contributed by atoms with E-state index in [1.54, 1.807) is 37.8 Å². The molecule has 3 aromatic rings. The van der Waals surface area contributed by atoms with Crippen LogP contribution in [0, 0.1) is 0 Å². The van der Waals surface area contributed by atoms with Crippen molar-refractivity contribution in [3.8, 4) is 11.5 Å². The average molecular weight is 448 g/mol. The number of methoxy groups -OCH3 is 2. The van der Waals surface area contributed by atoms with Gasteiger partial charge in [0, 0.05) is 16.5 Å². The fourth-order valence-corrected chi connectivity index (χ4v) is 5.07. The van der Waals surface area contributed by atoms with Gasteiger partial charge in [-0.2, -0.15) is 9.78 Å². The van der Waals surface area contributed by atoms with E-state index in [1.807, 2.05) is 6.07 Å². The maximum Gasteiger partial charge on any atom is 0.282 e. The maximum atomic E-state index is 13.0. The lowest BCUT2D eigenvalue weighted by Gasteiger charge is -2.10. The molecule has 140 valence electrons. The molecule has 0 radical (unpaired) electrons. The summed E-state index contributed by atoms with van der Waals surface area (Å²) in [5, 5.41) is 5.06. The van der Waals surface area contributed by atoms with E-state index >= 15 is 0 Å². The summed E-state index contributed by atoms with van der Waals surface area (Å²) in [6, 6.07) is 3.61. The van der Waals surface area contributed by atoms with Gasteiger partial charge in [-0.15, -0.1) is 11.3 Å². The molecule has 6 nitrogen and oxygen atoms in total. The van der Waals surface area contributed by atoms with Gasteiger partial charge in [0.1, 0.15) is 22.7 Å². The average Bonchev–Trinajstić information content (AvgIpc) is 3.07. The van der Waals surface area contributed by atoms with Gasteiger partial charge >= 0.3 is 0 Å². The Morgan fingerprint density at radius 1 is 1.22 bits per heavy atom. The molecule has 0 aliphatic heterocycles. The summed E-state index contributed by atoms with van der Waals surface area (Å²) in [4.78, 5) is 19.5. The Labute approximate surface area is 168 Å². The highest BCUT2D eigenvalue weighted by Crippen LogP contribution is 2.34. The van der Waals surface area contributed by atoms with Crippen molar-refractivity contribution >= 4 is 43.7 Å². The number of halogens is 1. The molecule has 8 heteroatoms.